The van der Waals surface area contributed by atoms with Crippen LogP contribution in [0.3, 0.4) is 0 Å². The molecule has 0 aliphatic carbocycles. The van der Waals surface area contributed by atoms with Gasteiger partial charge in [-0.1, -0.05) is 6.08 Å². The Labute approximate surface area is 73.0 Å². The summed E-state index contributed by atoms with van der Waals surface area (Å²) >= 11 is 0. The molecule has 68 valence electrons. The highest BCUT2D eigenvalue weighted by molar-refractivity contribution is 5.87. The van der Waals surface area contributed by atoms with E-state index in [1.165, 1.54) is 0 Å². The molecule has 0 aromatic heterocycles. The summed E-state index contributed by atoms with van der Waals surface area (Å²) in [6.07, 6.45) is 3.51. The van der Waals surface area contributed by atoms with Crippen LogP contribution in [0.1, 0.15) is 6.92 Å². The average molecular weight is 169 g/mol. The number of ether oxygens (including phenoxy) is 1. The number of hydrogen-bond donors (Lipinski definition) is 0. The normalized spacial score (nSPS) is 26.3. The van der Waals surface area contributed by atoms with Gasteiger partial charge in [0.15, 0.2) is 5.78 Å². The van der Waals surface area contributed by atoms with E-state index in [0.29, 0.717) is 6.61 Å². The van der Waals surface area contributed by atoms with Gasteiger partial charge in [0.05, 0.1) is 19.3 Å². The van der Waals surface area contributed by atoms with E-state index in [4.69, 9.17) is 4.74 Å². The van der Waals surface area contributed by atoms with Crippen molar-refractivity contribution in [3.05, 3.63) is 12.2 Å². The fourth-order valence-corrected chi connectivity index (χ4v) is 1.15. The Hall–Kier alpha value is -0.670. The summed E-state index contributed by atoms with van der Waals surface area (Å²) in [6.45, 7) is 3.98. The van der Waals surface area contributed by atoms with Gasteiger partial charge in [0.2, 0.25) is 0 Å². The summed E-state index contributed by atoms with van der Waals surface area (Å²) < 4.78 is 5.28. The first kappa shape index (κ1) is 9.42. The third kappa shape index (κ3) is 2.75. The molecule has 0 aromatic rings. The number of ketones is 1. The highest BCUT2D eigenvalue weighted by Crippen LogP contribution is 2.04. The van der Waals surface area contributed by atoms with Crippen molar-refractivity contribution in [3.8, 4) is 0 Å². The van der Waals surface area contributed by atoms with E-state index < -0.39 is 0 Å². The van der Waals surface area contributed by atoms with Crippen molar-refractivity contribution < 1.29 is 9.53 Å². The van der Waals surface area contributed by atoms with E-state index in [0.717, 1.165) is 13.2 Å². The van der Waals surface area contributed by atoms with Crippen molar-refractivity contribution >= 4 is 5.78 Å². The van der Waals surface area contributed by atoms with Crippen molar-refractivity contribution in [2.45, 2.75) is 13.0 Å². The summed E-state index contributed by atoms with van der Waals surface area (Å²) in [7, 11) is 2.04. The van der Waals surface area contributed by atoms with Crippen LogP contribution in [-0.4, -0.2) is 43.5 Å². The maximum atomic E-state index is 10.6. The number of rotatable bonds is 2. The SMILES string of the molecule is CC(=O)/C=C/C1COCCN1C. The number of morpholine rings is 1. The van der Waals surface area contributed by atoms with Crippen LogP contribution in [0.5, 0.6) is 0 Å². The maximum absolute atomic E-state index is 10.6. The van der Waals surface area contributed by atoms with Crippen LogP contribution in [0.15, 0.2) is 12.2 Å². The summed E-state index contributed by atoms with van der Waals surface area (Å²) in [5, 5.41) is 0. The first-order chi connectivity index (χ1) is 5.70. The second kappa shape index (κ2) is 4.38. The highest BCUT2D eigenvalue weighted by atomic mass is 16.5. The van der Waals surface area contributed by atoms with Gasteiger partial charge in [-0.3, -0.25) is 9.69 Å². The van der Waals surface area contributed by atoms with Crippen molar-refractivity contribution in [1.29, 1.82) is 0 Å². The molecule has 0 radical (unpaired) electrons. The van der Waals surface area contributed by atoms with Gasteiger partial charge in [0, 0.05) is 6.54 Å². The van der Waals surface area contributed by atoms with Crippen molar-refractivity contribution in [1.82, 2.24) is 4.90 Å². The van der Waals surface area contributed by atoms with Crippen LogP contribution in [-0.2, 0) is 9.53 Å². The number of carbonyl (C=O) groups excluding carboxylic acids is 1. The smallest absolute Gasteiger partial charge is 0.152 e. The molecule has 1 atom stereocenters. The fraction of sp³-hybridized carbons (Fsp3) is 0.667. The molecule has 3 heteroatoms. The van der Waals surface area contributed by atoms with E-state index in [1.54, 1.807) is 13.0 Å². The molecule has 0 amide bonds. The molecule has 1 saturated heterocycles. The molecule has 0 spiro atoms. The number of carbonyl (C=O) groups is 1. The minimum atomic E-state index is 0.0916. The van der Waals surface area contributed by atoms with E-state index in [2.05, 4.69) is 4.90 Å². The van der Waals surface area contributed by atoms with Crippen molar-refractivity contribution in [2.24, 2.45) is 0 Å². The van der Waals surface area contributed by atoms with Gasteiger partial charge < -0.3 is 4.74 Å². The molecule has 12 heavy (non-hydrogen) atoms. The van der Waals surface area contributed by atoms with Gasteiger partial charge in [0.25, 0.3) is 0 Å². The van der Waals surface area contributed by atoms with E-state index >= 15 is 0 Å². The maximum Gasteiger partial charge on any atom is 0.152 e. The van der Waals surface area contributed by atoms with Gasteiger partial charge in [-0.2, -0.15) is 0 Å². The molecule has 0 N–H and O–H groups in total. The van der Waals surface area contributed by atoms with Crippen LogP contribution in [0.2, 0.25) is 0 Å². The molecule has 0 saturated carbocycles. The zero-order valence-corrected chi connectivity index (χ0v) is 7.62. The molecule has 0 bridgehead atoms. The molecule has 1 rings (SSSR count). The lowest BCUT2D eigenvalue weighted by Gasteiger charge is -2.29. The van der Waals surface area contributed by atoms with Gasteiger partial charge in [0.1, 0.15) is 0 Å². The number of allylic oxidation sites excluding steroid dienone is 1. The van der Waals surface area contributed by atoms with E-state index in [9.17, 15) is 4.79 Å². The summed E-state index contributed by atoms with van der Waals surface area (Å²) in [4.78, 5) is 12.8. The minimum absolute atomic E-state index is 0.0916. The first-order valence-corrected chi connectivity index (χ1v) is 4.17. The Morgan fingerprint density at radius 1 is 1.67 bits per heavy atom. The van der Waals surface area contributed by atoms with E-state index in [-0.39, 0.29) is 11.8 Å². The van der Waals surface area contributed by atoms with Crippen LogP contribution in [0, 0.1) is 0 Å². The summed E-state index contributed by atoms with van der Waals surface area (Å²) in [6, 6.07) is 0.266. The van der Waals surface area contributed by atoms with Crippen LogP contribution >= 0.6 is 0 Å². The lowest BCUT2D eigenvalue weighted by Crippen LogP contribution is -2.41. The monoisotopic (exact) mass is 169 g/mol. The van der Waals surface area contributed by atoms with E-state index in [1.807, 2.05) is 13.1 Å². The van der Waals surface area contributed by atoms with Crippen LogP contribution in [0.25, 0.3) is 0 Å². The zero-order valence-electron chi connectivity index (χ0n) is 7.62. The van der Waals surface area contributed by atoms with Gasteiger partial charge in [-0.15, -0.1) is 0 Å². The van der Waals surface area contributed by atoms with Crippen molar-refractivity contribution in [3.63, 3.8) is 0 Å². The Kier molecular flexibility index (Phi) is 3.44. The molecule has 1 aliphatic rings. The molecule has 3 nitrogen and oxygen atoms in total. The standard InChI is InChI=1S/C9H15NO2/c1-8(11)3-4-9-7-12-6-5-10(9)2/h3-4,9H,5-7H2,1-2H3/b4-3+. The Morgan fingerprint density at radius 3 is 3.00 bits per heavy atom. The predicted molar refractivity (Wildman–Crippen MR) is 47.1 cm³/mol. The average Bonchev–Trinajstić information content (AvgIpc) is 2.03. The van der Waals surface area contributed by atoms with Gasteiger partial charge in [-0.05, 0) is 20.0 Å². The number of nitrogens with zero attached hydrogens (tertiary/aromatic N) is 1. The molecule has 1 heterocycles. The fourth-order valence-electron chi connectivity index (χ4n) is 1.15. The topological polar surface area (TPSA) is 29.5 Å². The van der Waals surface area contributed by atoms with Crippen molar-refractivity contribution in [2.75, 3.05) is 26.8 Å². The lowest BCUT2D eigenvalue weighted by atomic mass is 10.2. The van der Waals surface area contributed by atoms with Crippen LogP contribution in [0.4, 0.5) is 0 Å². The number of hydrogen-bond acceptors (Lipinski definition) is 3. The quantitative estimate of drug-likeness (QED) is 0.562. The third-order valence-electron chi connectivity index (χ3n) is 2.00. The van der Waals surface area contributed by atoms with Gasteiger partial charge >= 0.3 is 0 Å². The Balaban J connectivity index is 2.43. The Bertz CT molecular complexity index is 189. The zero-order chi connectivity index (χ0) is 8.97. The number of likely N-dealkylation sites (N-methyl/N-ethyl adjacent to an activating group) is 1. The predicted octanol–water partition coefficient (Wildman–Crippen LogP) is 0.462. The summed E-state index contributed by atoms with van der Waals surface area (Å²) in [5.74, 6) is 0.0916. The summed E-state index contributed by atoms with van der Waals surface area (Å²) in [5.41, 5.74) is 0. The highest BCUT2D eigenvalue weighted by Gasteiger charge is 2.15. The van der Waals surface area contributed by atoms with Gasteiger partial charge in [-0.25, -0.2) is 0 Å². The third-order valence-corrected chi connectivity index (χ3v) is 2.00. The largest absolute Gasteiger partial charge is 0.378 e. The minimum Gasteiger partial charge on any atom is -0.378 e. The molecular weight excluding hydrogens is 154 g/mol. The molecule has 1 unspecified atom stereocenters. The molecular formula is C9H15NO2. The second-order valence-electron chi connectivity index (χ2n) is 3.09. The van der Waals surface area contributed by atoms with Crippen LogP contribution < -0.4 is 0 Å². The second-order valence-corrected chi connectivity index (χ2v) is 3.09. The Morgan fingerprint density at radius 2 is 2.42 bits per heavy atom. The first-order valence-electron chi connectivity index (χ1n) is 4.17. The molecule has 0 aromatic carbocycles. The molecule has 1 aliphatic heterocycles. The lowest BCUT2D eigenvalue weighted by molar-refractivity contribution is -0.112. The molecule has 1 fully saturated rings.